The highest BCUT2D eigenvalue weighted by molar-refractivity contribution is 7.91. The molecule has 8 heteroatoms. The van der Waals surface area contributed by atoms with Gasteiger partial charge in [0, 0.05) is 17.8 Å². The van der Waals surface area contributed by atoms with Gasteiger partial charge in [-0.25, -0.2) is 8.42 Å². The second-order valence-electron chi connectivity index (χ2n) is 6.34. The third-order valence-electron chi connectivity index (χ3n) is 4.51. The van der Waals surface area contributed by atoms with E-state index >= 15 is 0 Å². The molecule has 2 aliphatic rings. The molecule has 0 bridgehead atoms. The van der Waals surface area contributed by atoms with E-state index in [1.165, 1.54) is 7.11 Å². The minimum absolute atomic E-state index is 0.0493. The first-order chi connectivity index (χ1) is 11.3. The average Bonchev–Trinajstić information content (AvgIpc) is 3.28. The lowest BCUT2D eigenvalue weighted by Gasteiger charge is -2.18. The first-order valence-electron chi connectivity index (χ1n) is 7.81. The third kappa shape index (κ3) is 3.38. The molecular weight excluding hydrogens is 332 g/mol. The van der Waals surface area contributed by atoms with Crippen molar-refractivity contribution in [2.45, 2.75) is 25.3 Å². The Labute approximate surface area is 140 Å². The Morgan fingerprint density at radius 2 is 2.00 bits per heavy atom. The Morgan fingerprint density at radius 3 is 2.58 bits per heavy atom. The van der Waals surface area contributed by atoms with Crippen LogP contribution < -0.4 is 15.4 Å². The normalized spacial score (nSPS) is 23.3. The topological polar surface area (TPSA) is 102 Å². The molecule has 24 heavy (non-hydrogen) atoms. The minimum atomic E-state index is -3.07. The van der Waals surface area contributed by atoms with Crippen LogP contribution in [0.3, 0.4) is 0 Å². The van der Waals surface area contributed by atoms with Crippen LogP contribution in [0.25, 0.3) is 0 Å². The van der Waals surface area contributed by atoms with Gasteiger partial charge in [0.15, 0.2) is 9.84 Å². The van der Waals surface area contributed by atoms with Crippen LogP contribution >= 0.6 is 0 Å². The monoisotopic (exact) mass is 352 g/mol. The zero-order chi connectivity index (χ0) is 17.4. The second-order valence-corrected chi connectivity index (χ2v) is 8.57. The Bertz CT molecular complexity index is 770. The zero-order valence-corrected chi connectivity index (χ0v) is 14.2. The Morgan fingerprint density at radius 1 is 1.25 bits per heavy atom. The molecular formula is C16H20N2O5S. The summed E-state index contributed by atoms with van der Waals surface area (Å²) < 4.78 is 28.1. The van der Waals surface area contributed by atoms with Crippen LogP contribution in [-0.2, 0) is 19.4 Å². The van der Waals surface area contributed by atoms with E-state index in [-0.39, 0.29) is 23.3 Å². The second kappa shape index (κ2) is 6.08. The van der Waals surface area contributed by atoms with Crippen LogP contribution in [0.2, 0.25) is 0 Å². The number of hydrogen-bond donors (Lipinski definition) is 2. The largest absolute Gasteiger partial charge is 0.497 e. The lowest BCUT2D eigenvalue weighted by atomic mass is 10.0. The van der Waals surface area contributed by atoms with Crippen molar-refractivity contribution in [2.24, 2.45) is 5.41 Å². The summed E-state index contributed by atoms with van der Waals surface area (Å²) in [6.07, 6.45) is 1.34. The predicted molar refractivity (Wildman–Crippen MR) is 88.5 cm³/mol. The molecule has 130 valence electrons. The molecule has 1 aliphatic heterocycles. The van der Waals surface area contributed by atoms with E-state index in [0.29, 0.717) is 30.7 Å². The number of rotatable bonds is 5. The number of ether oxygens (including phenoxy) is 1. The molecule has 1 saturated heterocycles. The fourth-order valence-corrected chi connectivity index (χ4v) is 4.54. The van der Waals surface area contributed by atoms with E-state index in [1.54, 1.807) is 24.3 Å². The summed E-state index contributed by atoms with van der Waals surface area (Å²) in [6, 6.07) is 6.50. The predicted octanol–water partition coefficient (Wildman–Crippen LogP) is 0.717. The van der Waals surface area contributed by atoms with Crippen LogP contribution in [0.4, 0.5) is 5.69 Å². The number of benzene rings is 1. The maximum atomic E-state index is 12.5. The molecule has 1 aromatic rings. The van der Waals surface area contributed by atoms with Gasteiger partial charge in [-0.05, 0) is 31.4 Å². The molecule has 7 nitrogen and oxygen atoms in total. The maximum absolute atomic E-state index is 12.5. The summed E-state index contributed by atoms with van der Waals surface area (Å²) in [7, 11) is -1.54. The van der Waals surface area contributed by atoms with Gasteiger partial charge in [-0.1, -0.05) is 6.07 Å². The van der Waals surface area contributed by atoms with Crippen molar-refractivity contribution in [3.05, 3.63) is 24.3 Å². The van der Waals surface area contributed by atoms with E-state index < -0.39 is 21.3 Å². The van der Waals surface area contributed by atoms with Gasteiger partial charge in [-0.15, -0.1) is 0 Å². The van der Waals surface area contributed by atoms with Gasteiger partial charge in [0.05, 0.1) is 18.6 Å². The number of carbonyl (C=O) groups is 2. The number of amides is 2. The number of hydrogen-bond acceptors (Lipinski definition) is 5. The molecule has 0 aromatic heterocycles. The maximum Gasteiger partial charge on any atom is 0.240 e. The summed E-state index contributed by atoms with van der Waals surface area (Å²) in [5.74, 6) is -0.106. The highest BCUT2D eigenvalue weighted by atomic mass is 32.2. The Kier molecular flexibility index (Phi) is 4.25. The van der Waals surface area contributed by atoms with Gasteiger partial charge in [-0.2, -0.15) is 0 Å². The average molecular weight is 352 g/mol. The van der Waals surface area contributed by atoms with Crippen molar-refractivity contribution in [1.82, 2.24) is 5.32 Å². The molecule has 1 heterocycles. The number of nitrogens with one attached hydrogen (secondary N) is 2. The van der Waals surface area contributed by atoms with Gasteiger partial charge in [0.2, 0.25) is 11.8 Å². The van der Waals surface area contributed by atoms with Crippen LogP contribution in [0.15, 0.2) is 24.3 Å². The summed E-state index contributed by atoms with van der Waals surface area (Å²) in [4.78, 5) is 25.0. The van der Waals surface area contributed by atoms with Gasteiger partial charge in [0.25, 0.3) is 0 Å². The molecule has 2 fully saturated rings. The summed E-state index contributed by atoms with van der Waals surface area (Å²) in [6.45, 7) is 0. The molecule has 0 spiro atoms. The van der Waals surface area contributed by atoms with Crippen LogP contribution in [0.1, 0.15) is 19.3 Å². The summed E-state index contributed by atoms with van der Waals surface area (Å²) >= 11 is 0. The van der Waals surface area contributed by atoms with Crippen LogP contribution in [0.5, 0.6) is 5.75 Å². The number of anilines is 1. The highest BCUT2D eigenvalue weighted by Crippen LogP contribution is 2.47. The molecule has 3 rings (SSSR count). The summed E-state index contributed by atoms with van der Waals surface area (Å²) in [5, 5.41) is 5.47. The number of sulfone groups is 1. The molecule has 2 N–H and O–H groups in total. The molecule has 1 atom stereocenters. The highest BCUT2D eigenvalue weighted by Gasteiger charge is 2.57. The van der Waals surface area contributed by atoms with Crippen molar-refractivity contribution in [3.63, 3.8) is 0 Å². The molecule has 1 unspecified atom stereocenters. The number of methoxy groups -OCH3 is 1. The lowest BCUT2D eigenvalue weighted by Crippen LogP contribution is -2.45. The van der Waals surface area contributed by atoms with Crippen LogP contribution in [-0.4, -0.2) is 44.9 Å². The first kappa shape index (κ1) is 16.8. The van der Waals surface area contributed by atoms with Gasteiger partial charge in [-0.3, -0.25) is 9.59 Å². The first-order valence-corrected chi connectivity index (χ1v) is 9.64. The van der Waals surface area contributed by atoms with Crippen molar-refractivity contribution in [1.29, 1.82) is 0 Å². The Balaban J connectivity index is 1.64. The van der Waals surface area contributed by atoms with E-state index in [9.17, 15) is 18.0 Å². The van der Waals surface area contributed by atoms with Crippen molar-refractivity contribution < 1.29 is 22.7 Å². The molecule has 1 aliphatic carbocycles. The summed E-state index contributed by atoms with van der Waals surface area (Å²) in [5.41, 5.74) is -0.531. The van der Waals surface area contributed by atoms with Crippen molar-refractivity contribution in [3.8, 4) is 5.75 Å². The number of carbonyl (C=O) groups excluding carboxylic acids is 2. The minimum Gasteiger partial charge on any atom is -0.497 e. The van der Waals surface area contributed by atoms with Crippen molar-refractivity contribution in [2.75, 3.05) is 23.9 Å². The van der Waals surface area contributed by atoms with Gasteiger partial charge >= 0.3 is 0 Å². The van der Waals surface area contributed by atoms with E-state index in [2.05, 4.69) is 10.6 Å². The van der Waals surface area contributed by atoms with Gasteiger partial charge < -0.3 is 15.4 Å². The Hall–Kier alpha value is -2.09. The van der Waals surface area contributed by atoms with Crippen molar-refractivity contribution >= 4 is 27.3 Å². The standard InChI is InChI=1S/C16H20N2O5S/c1-23-13-4-2-3-11(9-13)17-14(19)16(6-7-16)15(20)18-12-5-8-24(21,22)10-12/h2-4,9,12H,5-8,10H2,1H3,(H,17,19)(H,18,20). The smallest absolute Gasteiger partial charge is 0.240 e. The van der Waals surface area contributed by atoms with Gasteiger partial charge in [0.1, 0.15) is 11.2 Å². The SMILES string of the molecule is COc1cccc(NC(=O)C2(C(=O)NC3CCS(=O)(=O)C3)CC2)c1. The fourth-order valence-electron chi connectivity index (χ4n) is 2.87. The molecule has 1 aromatic carbocycles. The van der Waals surface area contributed by atoms with E-state index in [0.717, 1.165) is 0 Å². The molecule has 0 radical (unpaired) electrons. The van der Waals surface area contributed by atoms with E-state index in [4.69, 9.17) is 4.74 Å². The fraction of sp³-hybridized carbons (Fsp3) is 0.500. The zero-order valence-electron chi connectivity index (χ0n) is 13.4. The third-order valence-corrected chi connectivity index (χ3v) is 6.28. The molecule has 1 saturated carbocycles. The molecule has 2 amide bonds. The lowest BCUT2D eigenvalue weighted by molar-refractivity contribution is -0.134. The van der Waals surface area contributed by atoms with E-state index in [1.807, 2.05) is 0 Å². The quantitative estimate of drug-likeness (QED) is 0.760. The van der Waals surface area contributed by atoms with Crippen LogP contribution in [0, 0.1) is 5.41 Å².